The van der Waals surface area contributed by atoms with Crippen LogP contribution in [-0.2, 0) is 4.79 Å². The molecule has 138 valence electrons. The smallest absolute Gasteiger partial charge is 0.223 e. The maximum Gasteiger partial charge on any atom is 0.223 e. The highest BCUT2D eigenvalue weighted by Gasteiger charge is 2.26. The Labute approximate surface area is 151 Å². The van der Waals surface area contributed by atoms with Crippen molar-refractivity contribution in [2.45, 2.75) is 32.3 Å². The van der Waals surface area contributed by atoms with E-state index in [4.69, 9.17) is 0 Å². The van der Waals surface area contributed by atoms with Gasteiger partial charge < -0.3 is 14.9 Å². The zero-order chi connectivity index (χ0) is 17.6. The summed E-state index contributed by atoms with van der Waals surface area (Å²) in [7, 11) is 0. The SMILES string of the molecule is CC(O)C1CCN(C(=O)CCN2CCN(c3ccccc3)CC2)CC1. The molecule has 25 heavy (non-hydrogen) atoms. The van der Waals surface area contributed by atoms with E-state index < -0.39 is 0 Å². The number of aliphatic hydroxyl groups is 1. The third-order valence-electron chi connectivity index (χ3n) is 5.71. The number of anilines is 1. The first-order valence-corrected chi connectivity index (χ1v) is 9.61. The highest BCUT2D eigenvalue weighted by molar-refractivity contribution is 5.76. The quantitative estimate of drug-likeness (QED) is 0.884. The first-order chi connectivity index (χ1) is 12.1. The molecular weight excluding hydrogens is 314 g/mol. The van der Waals surface area contributed by atoms with Crippen LogP contribution in [0.25, 0.3) is 0 Å². The van der Waals surface area contributed by atoms with Crippen LogP contribution in [0.5, 0.6) is 0 Å². The summed E-state index contributed by atoms with van der Waals surface area (Å²) in [6, 6.07) is 10.5. The molecule has 0 aromatic heterocycles. The van der Waals surface area contributed by atoms with Crippen molar-refractivity contribution in [2.24, 2.45) is 5.92 Å². The standard InChI is InChI=1S/C20H31N3O2/c1-17(24)18-7-11-23(12-8-18)20(25)9-10-21-13-15-22(16-14-21)19-5-3-2-4-6-19/h2-6,17-18,24H,7-16H2,1H3. The second kappa shape index (κ2) is 8.68. The number of amides is 1. The molecule has 0 spiro atoms. The lowest BCUT2D eigenvalue weighted by Gasteiger charge is -2.37. The number of carbonyl (C=O) groups excluding carboxylic acids is 1. The average molecular weight is 345 g/mol. The van der Waals surface area contributed by atoms with Crippen LogP contribution in [0.2, 0.25) is 0 Å². The minimum atomic E-state index is -0.252. The fourth-order valence-corrected chi connectivity index (χ4v) is 3.91. The molecule has 1 unspecified atom stereocenters. The lowest BCUT2D eigenvalue weighted by atomic mass is 9.92. The van der Waals surface area contributed by atoms with Gasteiger partial charge in [0.1, 0.15) is 0 Å². The van der Waals surface area contributed by atoms with E-state index in [1.165, 1.54) is 5.69 Å². The molecule has 2 aliphatic rings. The lowest BCUT2D eigenvalue weighted by Crippen LogP contribution is -2.48. The Bertz CT molecular complexity index is 533. The van der Waals surface area contributed by atoms with E-state index in [1.54, 1.807) is 0 Å². The Morgan fingerprint density at radius 3 is 2.32 bits per heavy atom. The van der Waals surface area contributed by atoms with Gasteiger partial charge in [0.25, 0.3) is 0 Å². The number of hydrogen-bond donors (Lipinski definition) is 1. The molecule has 3 rings (SSSR count). The summed E-state index contributed by atoms with van der Waals surface area (Å²) in [5, 5.41) is 9.67. The highest BCUT2D eigenvalue weighted by atomic mass is 16.3. The molecule has 1 aromatic rings. The van der Waals surface area contributed by atoms with Crippen LogP contribution < -0.4 is 4.90 Å². The van der Waals surface area contributed by atoms with Crippen molar-refractivity contribution in [3.63, 3.8) is 0 Å². The Hall–Kier alpha value is -1.59. The highest BCUT2D eigenvalue weighted by Crippen LogP contribution is 2.21. The second-order valence-corrected chi connectivity index (χ2v) is 7.37. The maximum absolute atomic E-state index is 12.4. The average Bonchev–Trinajstić information content (AvgIpc) is 2.67. The maximum atomic E-state index is 12.4. The van der Waals surface area contributed by atoms with Gasteiger partial charge in [0.15, 0.2) is 0 Å². The van der Waals surface area contributed by atoms with Crippen molar-refractivity contribution in [3.8, 4) is 0 Å². The monoisotopic (exact) mass is 345 g/mol. The largest absolute Gasteiger partial charge is 0.393 e. The molecule has 2 heterocycles. The predicted molar refractivity (Wildman–Crippen MR) is 101 cm³/mol. The second-order valence-electron chi connectivity index (χ2n) is 7.37. The van der Waals surface area contributed by atoms with E-state index in [0.29, 0.717) is 12.3 Å². The van der Waals surface area contributed by atoms with Crippen LogP contribution in [-0.4, -0.2) is 72.7 Å². The summed E-state index contributed by atoms with van der Waals surface area (Å²) < 4.78 is 0. The van der Waals surface area contributed by atoms with Crippen molar-refractivity contribution in [3.05, 3.63) is 30.3 Å². The molecule has 5 heteroatoms. The molecule has 1 aromatic carbocycles. The van der Waals surface area contributed by atoms with Crippen molar-refractivity contribution in [1.82, 2.24) is 9.80 Å². The number of aliphatic hydroxyl groups excluding tert-OH is 1. The topological polar surface area (TPSA) is 47.0 Å². The molecule has 0 radical (unpaired) electrons. The van der Waals surface area contributed by atoms with Gasteiger partial charge in [-0.3, -0.25) is 9.69 Å². The van der Waals surface area contributed by atoms with Crippen LogP contribution >= 0.6 is 0 Å². The first kappa shape index (κ1) is 18.2. The molecule has 0 aliphatic carbocycles. The summed E-state index contributed by atoms with van der Waals surface area (Å²) in [5.41, 5.74) is 1.29. The van der Waals surface area contributed by atoms with Gasteiger partial charge in [-0.05, 0) is 37.8 Å². The van der Waals surface area contributed by atoms with E-state index in [-0.39, 0.29) is 12.0 Å². The summed E-state index contributed by atoms with van der Waals surface area (Å²) in [5.74, 6) is 0.629. The molecule has 1 atom stereocenters. The van der Waals surface area contributed by atoms with Crippen molar-refractivity contribution < 1.29 is 9.90 Å². The minimum absolute atomic E-state index is 0.252. The van der Waals surface area contributed by atoms with Gasteiger partial charge in [0.05, 0.1) is 6.10 Å². The fourth-order valence-electron chi connectivity index (χ4n) is 3.91. The molecule has 5 nitrogen and oxygen atoms in total. The molecule has 1 amide bonds. The Kier molecular flexibility index (Phi) is 6.32. The third-order valence-corrected chi connectivity index (χ3v) is 5.71. The van der Waals surface area contributed by atoms with Gasteiger partial charge in [0, 0.05) is 57.9 Å². The number of nitrogens with zero attached hydrogens (tertiary/aromatic N) is 3. The summed E-state index contributed by atoms with van der Waals surface area (Å²) in [6.07, 6.45) is 2.22. The van der Waals surface area contributed by atoms with E-state index >= 15 is 0 Å². The number of hydrogen-bond acceptors (Lipinski definition) is 4. The van der Waals surface area contributed by atoms with Gasteiger partial charge in [-0.1, -0.05) is 18.2 Å². The molecular formula is C20H31N3O2. The predicted octanol–water partition coefficient (Wildman–Crippen LogP) is 1.82. The Balaban J connectivity index is 1.36. The van der Waals surface area contributed by atoms with Crippen molar-refractivity contribution >= 4 is 11.6 Å². The van der Waals surface area contributed by atoms with Gasteiger partial charge in [-0.25, -0.2) is 0 Å². The Morgan fingerprint density at radius 2 is 1.72 bits per heavy atom. The number of piperidine rings is 1. The molecule has 1 N–H and O–H groups in total. The molecule has 2 saturated heterocycles. The lowest BCUT2D eigenvalue weighted by molar-refractivity contribution is -0.133. The van der Waals surface area contributed by atoms with Crippen LogP contribution in [0, 0.1) is 5.92 Å². The number of carbonyl (C=O) groups is 1. The number of benzene rings is 1. The number of piperazine rings is 1. The molecule has 2 fully saturated rings. The zero-order valence-corrected chi connectivity index (χ0v) is 15.3. The first-order valence-electron chi connectivity index (χ1n) is 9.61. The van der Waals surface area contributed by atoms with Crippen LogP contribution in [0.4, 0.5) is 5.69 Å². The summed E-state index contributed by atoms with van der Waals surface area (Å²) in [4.78, 5) is 19.2. The van der Waals surface area contributed by atoms with Crippen LogP contribution in [0.1, 0.15) is 26.2 Å². The number of likely N-dealkylation sites (tertiary alicyclic amines) is 1. The minimum Gasteiger partial charge on any atom is -0.393 e. The van der Waals surface area contributed by atoms with E-state index in [9.17, 15) is 9.90 Å². The van der Waals surface area contributed by atoms with Crippen LogP contribution in [0.15, 0.2) is 30.3 Å². The molecule has 0 saturated carbocycles. The van der Waals surface area contributed by atoms with Gasteiger partial charge in [-0.2, -0.15) is 0 Å². The Morgan fingerprint density at radius 1 is 1.08 bits per heavy atom. The summed E-state index contributed by atoms with van der Waals surface area (Å²) in [6.45, 7) is 8.41. The van der Waals surface area contributed by atoms with Crippen molar-refractivity contribution in [2.75, 3.05) is 50.7 Å². The van der Waals surface area contributed by atoms with Gasteiger partial charge >= 0.3 is 0 Å². The zero-order valence-electron chi connectivity index (χ0n) is 15.3. The third kappa shape index (κ3) is 4.95. The summed E-state index contributed by atoms with van der Waals surface area (Å²) >= 11 is 0. The van der Waals surface area contributed by atoms with Gasteiger partial charge in [0.2, 0.25) is 5.91 Å². The normalized spacial score (nSPS) is 21.4. The van der Waals surface area contributed by atoms with Crippen molar-refractivity contribution in [1.29, 1.82) is 0 Å². The molecule has 2 aliphatic heterocycles. The molecule has 0 bridgehead atoms. The van der Waals surface area contributed by atoms with Crippen LogP contribution in [0.3, 0.4) is 0 Å². The fraction of sp³-hybridized carbons (Fsp3) is 0.650. The van der Waals surface area contributed by atoms with Gasteiger partial charge in [-0.15, -0.1) is 0 Å². The number of rotatable bonds is 5. The van der Waals surface area contributed by atoms with E-state index in [1.807, 2.05) is 11.8 Å². The van der Waals surface area contributed by atoms with E-state index in [2.05, 4.69) is 40.1 Å². The van der Waals surface area contributed by atoms with E-state index in [0.717, 1.165) is 58.7 Å². The number of para-hydroxylation sites is 1.